The summed E-state index contributed by atoms with van der Waals surface area (Å²) in [6.45, 7) is 10.3. The summed E-state index contributed by atoms with van der Waals surface area (Å²) in [6.07, 6.45) is 4.37. The molecule has 0 radical (unpaired) electrons. The van der Waals surface area contributed by atoms with Gasteiger partial charge in [-0.15, -0.1) is 0 Å². The van der Waals surface area contributed by atoms with Gasteiger partial charge in [-0.1, -0.05) is 26.7 Å². The third kappa shape index (κ3) is 13.9. The first-order valence-corrected chi connectivity index (χ1v) is 7.20. The molecular formula is C14H30O4. The van der Waals surface area contributed by atoms with Crippen LogP contribution in [0.1, 0.15) is 46.5 Å². The first-order valence-electron chi connectivity index (χ1n) is 7.20. The lowest BCUT2D eigenvalue weighted by Gasteiger charge is -2.14. The van der Waals surface area contributed by atoms with Crippen molar-refractivity contribution >= 4 is 0 Å². The third-order valence-electron chi connectivity index (χ3n) is 2.44. The van der Waals surface area contributed by atoms with E-state index in [4.69, 9.17) is 18.9 Å². The number of hydrogen-bond donors (Lipinski definition) is 0. The molecular weight excluding hydrogens is 232 g/mol. The molecule has 0 bridgehead atoms. The first-order chi connectivity index (χ1) is 8.81. The normalized spacial score (nSPS) is 11.3. The van der Waals surface area contributed by atoms with E-state index in [0.717, 1.165) is 26.1 Å². The predicted molar refractivity (Wildman–Crippen MR) is 72.8 cm³/mol. The van der Waals surface area contributed by atoms with Crippen LogP contribution in [0.4, 0.5) is 0 Å². The summed E-state index contributed by atoms with van der Waals surface area (Å²) in [7, 11) is 0. The first kappa shape index (κ1) is 17.8. The largest absolute Gasteiger partial charge is 0.379 e. The quantitative estimate of drug-likeness (QED) is 0.356. The zero-order valence-electron chi connectivity index (χ0n) is 12.3. The van der Waals surface area contributed by atoms with Gasteiger partial charge in [-0.05, 0) is 19.8 Å². The van der Waals surface area contributed by atoms with Crippen molar-refractivity contribution < 1.29 is 18.9 Å². The van der Waals surface area contributed by atoms with E-state index in [1.165, 1.54) is 12.8 Å². The van der Waals surface area contributed by atoms with Crippen molar-refractivity contribution in [1.82, 2.24) is 0 Å². The van der Waals surface area contributed by atoms with Gasteiger partial charge < -0.3 is 18.9 Å². The van der Waals surface area contributed by atoms with Crippen molar-refractivity contribution in [3.05, 3.63) is 0 Å². The van der Waals surface area contributed by atoms with Crippen molar-refractivity contribution in [3.63, 3.8) is 0 Å². The molecule has 0 saturated carbocycles. The molecule has 0 saturated heterocycles. The lowest BCUT2D eigenvalue weighted by Crippen LogP contribution is -2.19. The Labute approximate surface area is 112 Å². The second-order valence-electron chi connectivity index (χ2n) is 4.24. The molecule has 0 fully saturated rings. The number of unbranched alkanes of at least 4 members (excludes halogenated alkanes) is 2. The van der Waals surface area contributed by atoms with E-state index in [-0.39, 0.29) is 6.29 Å². The molecule has 0 aromatic rings. The Morgan fingerprint density at radius 2 is 1.11 bits per heavy atom. The molecule has 0 amide bonds. The van der Waals surface area contributed by atoms with E-state index in [2.05, 4.69) is 13.8 Å². The van der Waals surface area contributed by atoms with E-state index < -0.39 is 0 Å². The van der Waals surface area contributed by atoms with Crippen molar-refractivity contribution in [2.75, 3.05) is 39.6 Å². The van der Waals surface area contributed by atoms with Gasteiger partial charge in [-0.3, -0.25) is 0 Å². The van der Waals surface area contributed by atoms with E-state index in [0.29, 0.717) is 26.4 Å². The van der Waals surface area contributed by atoms with Gasteiger partial charge >= 0.3 is 0 Å². The molecule has 0 heterocycles. The minimum absolute atomic E-state index is 0.186. The second kappa shape index (κ2) is 14.9. The standard InChI is InChI=1S/C14H30O4/c1-4-6-8-15-10-12-17-14(3)18-13-11-16-9-7-5-2/h14H,4-13H2,1-3H3. The summed E-state index contributed by atoms with van der Waals surface area (Å²) in [6, 6.07) is 0. The van der Waals surface area contributed by atoms with E-state index >= 15 is 0 Å². The molecule has 110 valence electrons. The lowest BCUT2D eigenvalue weighted by molar-refractivity contribution is -0.147. The summed E-state index contributed by atoms with van der Waals surface area (Å²) >= 11 is 0. The highest BCUT2D eigenvalue weighted by Gasteiger charge is 2.01. The average Bonchev–Trinajstić information content (AvgIpc) is 2.38. The Kier molecular flexibility index (Phi) is 14.8. The van der Waals surface area contributed by atoms with Gasteiger partial charge in [0.2, 0.25) is 0 Å². The topological polar surface area (TPSA) is 36.9 Å². The van der Waals surface area contributed by atoms with Crippen LogP contribution in [0.25, 0.3) is 0 Å². The lowest BCUT2D eigenvalue weighted by atomic mass is 10.4. The molecule has 0 aromatic heterocycles. The van der Waals surface area contributed by atoms with E-state index in [1.54, 1.807) is 0 Å². The number of ether oxygens (including phenoxy) is 4. The smallest absolute Gasteiger partial charge is 0.155 e. The minimum atomic E-state index is -0.186. The Bertz CT molecular complexity index is 137. The zero-order valence-corrected chi connectivity index (χ0v) is 12.3. The third-order valence-corrected chi connectivity index (χ3v) is 2.44. The Morgan fingerprint density at radius 1 is 0.667 bits per heavy atom. The minimum Gasteiger partial charge on any atom is -0.379 e. The highest BCUT2D eigenvalue weighted by molar-refractivity contribution is 4.38. The number of hydrogen-bond acceptors (Lipinski definition) is 4. The molecule has 0 aliphatic heterocycles. The monoisotopic (exact) mass is 262 g/mol. The maximum atomic E-state index is 5.45. The summed E-state index contributed by atoms with van der Waals surface area (Å²) in [5, 5.41) is 0. The molecule has 4 nitrogen and oxygen atoms in total. The molecule has 0 aliphatic carbocycles. The summed E-state index contributed by atoms with van der Waals surface area (Å²) in [4.78, 5) is 0. The molecule has 0 spiro atoms. The van der Waals surface area contributed by atoms with Crippen molar-refractivity contribution in [3.8, 4) is 0 Å². The van der Waals surface area contributed by atoms with Crippen LogP contribution in [-0.4, -0.2) is 45.9 Å². The molecule has 0 rings (SSSR count). The molecule has 0 aromatic carbocycles. The van der Waals surface area contributed by atoms with Crippen molar-refractivity contribution in [1.29, 1.82) is 0 Å². The summed E-state index contributed by atoms with van der Waals surface area (Å²) < 4.78 is 21.7. The fraction of sp³-hybridized carbons (Fsp3) is 1.00. The Morgan fingerprint density at radius 3 is 1.50 bits per heavy atom. The van der Waals surface area contributed by atoms with Gasteiger partial charge in [0.05, 0.1) is 26.4 Å². The van der Waals surface area contributed by atoms with Gasteiger partial charge in [0.15, 0.2) is 6.29 Å². The van der Waals surface area contributed by atoms with Gasteiger partial charge in [-0.25, -0.2) is 0 Å². The molecule has 18 heavy (non-hydrogen) atoms. The van der Waals surface area contributed by atoms with Gasteiger partial charge in [0, 0.05) is 13.2 Å². The highest BCUT2D eigenvalue weighted by atomic mass is 16.7. The summed E-state index contributed by atoms with van der Waals surface area (Å²) in [5.41, 5.74) is 0. The molecule has 0 atom stereocenters. The second-order valence-corrected chi connectivity index (χ2v) is 4.24. The van der Waals surface area contributed by atoms with Gasteiger partial charge in [0.1, 0.15) is 0 Å². The average molecular weight is 262 g/mol. The highest BCUT2D eigenvalue weighted by Crippen LogP contribution is 1.95. The van der Waals surface area contributed by atoms with Crippen LogP contribution in [0.15, 0.2) is 0 Å². The van der Waals surface area contributed by atoms with Crippen LogP contribution < -0.4 is 0 Å². The Balaban J connectivity index is 3.10. The van der Waals surface area contributed by atoms with Crippen LogP contribution in [0, 0.1) is 0 Å². The van der Waals surface area contributed by atoms with Gasteiger partial charge in [0.25, 0.3) is 0 Å². The van der Waals surface area contributed by atoms with Crippen LogP contribution >= 0.6 is 0 Å². The molecule has 0 aliphatic rings. The Hall–Kier alpha value is -0.160. The van der Waals surface area contributed by atoms with Crippen LogP contribution in [0.5, 0.6) is 0 Å². The van der Waals surface area contributed by atoms with Crippen molar-refractivity contribution in [2.24, 2.45) is 0 Å². The fourth-order valence-electron chi connectivity index (χ4n) is 1.29. The maximum Gasteiger partial charge on any atom is 0.155 e. The molecule has 0 N–H and O–H groups in total. The SMILES string of the molecule is CCCCOCCOC(C)OCCOCCCC. The zero-order chi connectivity index (χ0) is 13.5. The van der Waals surface area contributed by atoms with E-state index in [1.807, 2.05) is 6.92 Å². The van der Waals surface area contributed by atoms with Gasteiger partial charge in [-0.2, -0.15) is 0 Å². The van der Waals surface area contributed by atoms with Crippen LogP contribution in [0.2, 0.25) is 0 Å². The predicted octanol–water partition coefficient (Wildman–Crippen LogP) is 3.00. The van der Waals surface area contributed by atoms with E-state index in [9.17, 15) is 0 Å². The van der Waals surface area contributed by atoms with Crippen LogP contribution in [-0.2, 0) is 18.9 Å². The molecule has 4 heteroatoms. The number of rotatable bonds is 14. The molecule has 0 unspecified atom stereocenters. The maximum absolute atomic E-state index is 5.45. The van der Waals surface area contributed by atoms with Crippen molar-refractivity contribution in [2.45, 2.75) is 52.7 Å². The fourth-order valence-corrected chi connectivity index (χ4v) is 1.29. The van der Waals surface area contributed by atoms with Crippen LogP contribution in [0.3, 0.4) is 0 Å². The summed E-state index contributed by atoms with van der Waals surface area (Å²) in [5.74, 6) is 0.